The van der Waals surface area contributed by atoms with Crippen molar-refractivity contribution in [3.8, 4) is 0 Å². The molecule has 6 nitrogen and oxygen atoms in total. The predicted molar refractivity (Wildman–Crippen MR) is 65.7 cm³/mol. The normalized spacial score (nSPS) is 15.7. The molecule has 0 aliphatic carbocycles. The Balaban J connectivity index is 2.25. The first-order valence-electron chi connectivity index (χ1n) is 6.03. The van der Waals surface area contributed by atoms with Crippen LogP contribution in [0, 0.1) is 5.92 Å². The van der Waals surface area contributed by atoms with Crippen LogP contribution in [0.5, 0.6) is 0 Å². The van der Waals surface area contributed by atoms with Gasteiger partial charge in [0.2, 0.25) is 0 Å². The van der Waals surface area contributed by atoms with Gasteiger partial charge in [-0.1, -0.05) is 0 Å². The average Bonchev–Trinajstić information content (AvgIpc) is 2.31. The van der Waals surface area contributed by atoms with E-state index in [-0.39, 0.29) is 36.8 Å². The summed E-state index contributed by atoms with van der Waals surface area (Å²) < 4.78 is 38.0. The molecule has 1 saturated heterocycles. The lowest BCUT2D eigenvalue weighted by Gasteiger charge is -2.40. The highest BCUT2D eigenvalue weighted by atomic mass is 19.4. The van der Waals surface area contributed by atoms with Gasteiger partial charge in [0.1, 0.15) is 11.5 Å². The largest absolute Gasteiger partial charge is 0.481 e. The second-order valence-electron chi connectivity index (χ2n) is 4.80. The van der Waals surface area contributed by atoms with Crippen LogP contribution in [0.3, 0.4) is 0 Å². The number of amides is 1. The van der Waals surface area contributed by atoms with Crippen LogP contribution < -0.4 is 10.6 Å². The summed E-state index contributed by atoms with van der Waals surface area (Å²) in [6.07, 6.45) is -4.71. The highest BCUT2D eigenvalue weighted by Crippen LogP contribution is 2.33. The van der Waals surface area contributed by atoms with Gasteiger partial charge in [0.15, 0.2) is 0 Å². The van der Waals surface area contributed by atoms with Crippen LogP contribution in [0.2, 0.25) is 0 Å². The van der Waals surface area contributed by atoms with Crippen molar-refractivity contribution in [3.05, 3.63) is 23.4 Å². The number of nitrogens with zero attached hydrogens (tertiary/aromatic N) is 2. The molecule has 3 N–H and O–H groups in total. The van der Waals surface area contributed by atoms with E-state index in [4.69, 9.17) is 10.8 Å². The minimum Gasteiger partial charge on any atom is -0.481 e. The van der Waals surface area contributed by atoms with Crippen molar-refractivity contribution in [2.45, 2.75) is 12.6 Å². The van der Waals surface area contributed by atoms with Gasteiger partial charge in [-0.15, -0.1) is 0 Å². The number of aliphatic carboxylic acids is 1. The van der Waals surface area contributed by atoms with Gasteiger partial charge >= 0.3 is 12.1 Å². The van der Waals surface area contributed by atoms with Crippen molar-refractivity contribution in [3.63, 3.8) is 0 Å². The number of rotatable bonds is 4. The zero-order valence-electron chi connectivity index (χ0n) is 10.7. The second kappa shape index (κ2) is 5.23. The molecule has 0 spiro atoms. The molecule has 0 bridgehead atoms. The van der Waals surface area contributed by atoms with Crippen molar-refractivity contribution in [1.29, 1.82) is 0 Å². The molecule has 2 rings (SSSR count). The smallest absolute Gasteiger partial charge is 0.433 e. The van der Waals surface area contributed by atoms with E-state index in [1.54, 1.807) is 0 Å². The third kappa shape index (κ3) is 3.23. The van der Waals surface area contributed by atoms with Crippen LogP contribution in [0.1, 0.15) is 22.5 Å². The number of carboxylic acids is 1. The molecule has 1 aromatic heterocycles. The van der Waals surface area contributed by atoms with E-state index in [1.165, 1.54) is 4.90 Å². The quantitative estimate of drug-likeness (QED) is 0.868. The summed E-state index contributed by atoms with van der Waals surface area (Å²) in [5.41, 5.74) is 3.89. The number of aromatic nitrogens is 1. The average molecular weight is 303 g/mol. The summed E-state index contributed by atoms with van der Waals surface area (Å²) in [4.78, 5) is 26.7. The number of anilines is 1. The van der Waals surface area contributed by atoms with Crippen molar-refractivity contribution >= 4 is 17.7 Å². The summed E-state index contributed by atoms with van der Waals surface area (Å²) >= 11 is 0. The Hall–Kier alpha value is -2.32. The van der Waals surface area contributed by atoms with Gasteiger partial charge < -0.3 is 15.7 Å². The minimum atomic E-state index is -4.63. The lowest BCUT2D eigenvalue weighted by molar-refractivity contribution is -0.141. The first kappa shape index (κ1) is 15.1. The summed E-state index contributed by atoms with van der Waals surface area (Å²) in [7, 11) is 0. The van der Waals surface area contributed by atoms with Gasteiger partial charge in [-0.3, -0.25) is 9.59 Å². The van der Waals surface area contributed by atoms with Gasteiger partial charge in [-0.25, -0.2) is 4.98 Å². The molecule has 1 aromatic rings. The van der Waals surface area contributed by atoms with Crippen molar-refractivity contribution in [1.82, 2.24) is 4.98 Å². The van der Waals surface area contributed by atoms with E-state index < -0.39 is 23.7 Å². The number of alkyl halides is 3. The molecular weight excluding hydrogens is 291 g/mol. The Kier molecular flexibility index (Phi) is 3.75. The fraction of sp³-hybridized carbons (Fsp3) is 0.417. The minimum absolute atomic E-state index is 0.0820. The zero-order valence-corrected chi connectivity index (χ0v) is 10.7. The fourth-order valence-corrected chi connectivity index (χ4v) is 2.16. The van der Waals surface area contributed by atoms with E-state index >= 15 is 0 Å². The van der Waals surface area contributed by atoms with Crippen LogP contribution >= 0.6 is 0 Å². The highest BCUT2D eigenvalue weighted by Gasteiger charge is 2.36. The molecule has 0 unspecified atom stereocenters. The standard InChI is InChI=1S/C12H12F3N3O3/c13-12(14,15)8-2-1-7(10(16)21)11(17-8)18-4-6(5-18)3-9(19)20/h1-2,6H,3-5H2,(H2,16,21)(H,19,20). The number of halogens is 3. The molecule has 0 radical (unpaired) electrons. The molecule has 0 atom stereocenters. The molecule has 2 heterocycles. The van der Waals surface area contributed by atoms with Gasteiger partial charge in [0.05, 0.1) is 12.0 Å². The molecule has 0 aromatic carbocycles. The third-order valence-corrected chi connectivity index (χ3v) is 3.15. The number of hydrogen-bond donors (Lipinski definition) is 2. The van der Waals surface area contributed by atoms with Gasteiger partial charge in [-0.2, -0.15) is 13.2 Å². The number of nitrogens with two attached hydrogens (primary N) is 1. The molecule has 114 valence electrons. The van der Waals surface area contributed by atoms with E-state index in [2.05, 4.69) is 4.98 Å². The molecule has 1 fully saturated rings. The maximum absolute atomic E-state index is 12.7. The maximum atomic E-state index is 12.7. The van der Waals surface area contributed by atoms with Gasteiger partial charge in [0, 0.05) is 19.0 Å². The number of carboxylic acid groups (broad SMARTS) is 1. The van der Waals surface area contributed by atoms with E-state index in [9.17, 15) is 22.8 Å². The Morgan fingerprint density at radius 2 is 2.00 bits per heavy atom. The van der Waals surface area contributed by atoms with Crippen LogP contribution in [0.25, 0.3) is 0 Å². The Labute approximate surface area is 117 Å². The van der Waals surface area contributed by atoms with Crippen molar-refractivity contribution in [2.75, 3.05) is 18.0 Å². The molecule has 0 saturated carbocycles. The molecule has 21 heavy (non-hydrogen) atoms. The van der Waals surface area contributed by atoms with E-state index in [0.717, 1.165) is 6.07 Å². The Morgan fingerprint density at radius 3 is 2.48 bits per heavy atom. The van der Waals surface area contributed by atoms with Crippen molar-refractivity contribution in [2.24, 2.45) is 11.7 Å². The molecule has 1 amide bonds. The second-order valence-corrected chi connectivity index (χ2v) is 4.80. The molecule has 1 aliphatic heterocycles. The first-order chi connectivity index (χ1) is 9.68. The van der Waals surface area contributed by atoms with E-state index in [0.29, 0.717) is 6.07 Å². The summed E-state index contributed by atoms with van der Waals surface area (Å²) in [6.45, 7) is 0.446. The first-order valence-corrected chi connectivity index (χ1v) is 6.03. The summed E-state index contributed by atoms with van der Waals surface area (Å²) in [5.74, 6) is -2.20. The third-order valence-electron chi connectivity index (χ3n) is 3.15. The summed E-state index contributed by atoms with van der Waals surface area (Å²) in [5, 5.41) is 8.64. The highest BCUT2D eigenvalue weighted by molar-refractivity contribution is 5.97. The van der Waals surface area contributed by atoms with Crippen molar-refractivity contribution < 1.29 is 27.9 Å². The zero-order chi connectivity index (χ0) is 15.8. The number of carbonyl (C=O) groups is 2. The van der Waals surface area contributed by atoms with Crippen LogP contribution in [0.4, 0.5) is 19.0 Å². The monoisotopic (exact) mass is 303 g/mol. The number of primary amides is 1. The molecule has 1 aliphatic rings. The lowest BCUT2D eigenvalue weighted by atomic mass is 9.95. The SMILES string of the molecule is NC(=O)c1ccc(C(F)(F)F)nc1N1CC(CC(=O)O)C1. The number of pyridine rings is 1. The van der Waals surface area contributed by atoms with Gasteiger partial charge in [-0.05, 0) is 12.1 Å². The summed E-state index contributed by atoms with van der Waals surface area (Å²) in [6, 6.07) is 1.68. The number of hydrogen-bond acceptors (Lipinski definition) is 4. The number of carbonyl (C=O) groups excluding carboxylic acids is 1. The fourth-order valence-electron chi connectivity index (χ4n) is 2.16. The Bertz CT molecular complexity index is 583. The Morgan fingerprint density at radius 1 is 1.38 bits per heavy atom. The van der Waals surface area contributed by atoms with Crippen LogP contribution in [-0.4, -0.2) is 35.1 Å². The van der Waals surface area contributed by atoms with E-state index in [1.807, 2.05) is 0 Å². The topological polar surface area (TPSA) is 96.5 Å². The maximum Gasteiger partial charge on any atom is 0.433 e. The molecule has 9 heteroatoms. The predicted octanol–water partition coefficient (Wildman–Crippen LogP) is 1.11. The lowest BCUT2D eigenvalue weighted by Crippen LogP contribution is -2.49. The van der Waals surface area contributed by atoms with Crippen LogP contribution in [-0.2, 0) is 11.0 Å². The van der Waals surface area contributed by atoms with Crippen LogP contribution in [0.15, 0.2) is 12.1 Å². The molecular formula is C12H12F3N3O3. The van der Waals surface area contributed by atoms with Gasteiger partial charge in [0.25, 0.3) is 5.91 Å².